The van der Waals surface area contributed by atoms with E-state index in [4.69, 9.17) is 5.73 Å². The summed E-state index contributed by atoms with van der Waals surface area (Å²) >= 11 is 0. The standard InChI is InChI=1S/C17H18N6O3S/c1-12-2-4-13(5-3-12)11-23-21-17(20-22-23)14-6-8-15(9-7-14)27(25,26)19-10-16(18)24/h2-9,19H,10-11H2,1H3,(H2,18,24). The molecule has 3 aromatic rings. The third kappa shape index (κ3) is 4.74. The molecule has 0 spiro atoms. The Morgan fingerprint density at radius 2 is 1.78 bits per heavy atom. The van der Waals surface area contributed by atoms with Gasteiger partial charge in [-0.1, -0.05) is 29.8 Å². The van der Waals surface area contributed by atoms with Crippen molar-refractivity contribution in [1.29, 1.82) is 0 Å². The zero-order valence-corrected chi connectivity index (χ0v) is 15.3. The molecule has 1 aromatic heterocycles. The average molecular weight is 386 g/mol. The topological polar surface area (TPSA) is 133 Å². The molecule has 3 rings (SSSR count). The van der Waals surface area contributed by atoms with Gasteiger partial charge in [0.05, 0.1) is 18.0 Å². The van der Waals surface area contributed by atoms with Crippen molar-refractivity contribution >= 4 is 15.9 Å². The number of nitrogens with zero attached hydrogens (tertiary/aromatic N) is 4. The summed E-state index contributed by atoms with van der Waals surface area (Å²) in [7, 11) is -3.81. The number of hydrogen-bond donors (Lipinski definition) is 2. The highest BCUT2D eigenvalue weighted by atomic mass is 32.2. The van der Waals surface area contributed by atoms with Crippen molar-refractivity contribution in [3.63, 3.8) is 0 Å². The minimum Gasteiger partial charge on any atom is -0.369 e. The Morgan fingerprint density at radius 1 is 1.11 bits per heavy atom. The van der Waals surface area contributed by atoms with Crippen molar-refractivity contribution in [1.82, 2.24) is 24.9 Å². The van der Waals surface area contributed by atoms with Crippen molar-refractivity contribution in [2.24, 2.45) is 5.73 Å². The summed E-state index contributed by atoms with van der Waals surface area (Å²) in [6.45, 7) is 2.04. The second kappa shape index (κ2) is 7.64. The summed E-state index contributed by atoms with van der Waals surface area (Å²) in [6.07, 6.45) is 0. The Balaban J connectivity index is 1.73. The number of rotatable bonds is 7. The van der Waals surface area contributed by atoms with Gasteiger partial charge in [-0.15, -0.1) is 10.2 Å². The number of tetrazole rings is 1. The lowest BCUT2D eigenvalue weighted by molar-refractivity contribution is -0.116. The number of benzene rings is 2. The van der Waals surface area contributed by atoms with Crippen LogP contribution < -0.4 is 10.5 Å². The highest BCUT2D eigenvalue weighted by molar-refractivity contribution is 7.89. The number of carbonyl (C=O) groups is 1. The van der Waals surface area contributed by atoms with Gasteiger partial charge >= 0.3 is 0 Å². The number of aryl methyl sites for hydroxylation is 1. The van der Waals surface area contributed by atoms with E-state index in [0.29, 0.717) is 17.9 Å². The smallest absolute Gasteiger partial charge is 0.241 e. The van der Waals surface area contributed by atoms with Crippen LogP contribution in [0.4, 0.5) is 0 Å². The molecule has 0 aliphatic rings. The number of hydrogen-bond acceptors (Lipinski definition) is 6. The Hall–Kier alpha value is -3.11. The Kier molecular flexibility index (Phi) is 5.28. The zero-order valence-electron chi connectivity index (χ0n) is 14.5. The highest BCUT2D eigenvalue weighted by Crippen LogP contribution is 2.17. The molecule has 9 nitrogen and oxygen atoms in total. The monoisotopic (exact) mass is 386 g/mol. The molecule has 10 heteroatoms. The van der Waals surface area contributed by atoms with Gasteiger partial charge in [-0.2, -0.15) is 4.80 Å². The fourth-order valence-electron chi connectivity index (χ4n) is 2.32. The van der Waals surface area contributed by atoms with E-state index in [9.17, 15) is 13.2 Å². The lowest BCUT2D eigenvalue weighted by Crippen LogP contribution is -2.33. The van der Waals surface area contributed by atoms with E-state index >= 15 is 0 Å². The van der Waals surface area contributed by atoms with Crippen LogP contribution in [0.1, 0.15) is 11.1 Å². The first-order valence-corrected chi connectivity index (χ1v) is 9.53. The number of nitrogens with two attached hydrogens (primary N) is 1. The number of nitrogens with one attached hydrogen (secondary N) is 1. The molecule has 0 radical (unpaired) electrons. The van der Waals surface area contributed by atoms with Crippen molar-refractivity contribution in [2.75, 3.05) is 6.54 Å². The molecule has 27 heavy (non-hydrogen) atoms. The van der Waals surface area contributed by atoms with Gasteiger partial charge in [-0.25, -0.2) is 13.1 Å². The quantitative estimate of drug-likeness (QED) is 0.606. The molecule has 1 amide bonds. The second-order valence-electron chi connectivity index (χ2n) is 5.94. The fourth-order valence-corrected chi connectivity index (χ4v) is 3.31. The van der Waals surface area contributed by atoms with Gasteiger partial charge < -0.3 is 5.73 Å². The van der Waals surface area contributed by atoms with Crippen molar-refractivity contribution in [2.45, 2.75) is 18.4 Å². The third-order valence-electron chi connectivity index (χ3n) is 3.76. The lowest BCUT2D eigenvalue weighted by Gasteiger charge is -2.05. The minimum absolute atomic E-state index is 0.0135. The number of primary amides is 1. The van der Waals surface area contributed by atoms with E-state index in [1.165, 1.54) is 22.5 Å². The van der Waals surface area contributed by atoms with Crippen LogP contribution in [0.25, 0.3) is 11.4 Å². The molecule has 0 unspecified atom stereocenters. The van der Waals surface area contributed by atoms with Crippen molar-refractivity contribution < 1.29 is 13.2 Å². The van der Waals surface area contributed by atoms with Gasteiger partial charge in [0.25, 0.3) is 0 Å². The first-order chi connectivity index (χ1) is 12.8. The molecule has 0 saturated carbocycles. The number of amides is 1. The van der Waals surface area contributed by atoms with E-state index in [-0.39, 0.29) is 4.90 Å². The Morgan fingerprint density at radius 3 is 2.41 bits per heavy atom. The van der Waals surface area contributed by atoms with Crippen LogP contribution in [0.15, 0.2) is 53.4 Å². The predicted octanol–water partition coefficient (Wildman–Crippen LogP) is 0.460. The molecule has 3 N–H and O–H groups in total. The highest BCUT2D eigenvalue weighted by Gasteiger charge is 2.15. The minimum atomic E-state index is -3.81. The summed E-state index contributed by atoms with van der Waals surface area (Å²) in [5, 5.41) is 12.3. The lowest BCUT2D eigenvalue weighted by atomic mass is 10.1. The summed E-state index contributed by atoms with van der Waals surface area (Å²) in [5.74, 6) is -0.374. The van der Waals surface area contributed by atoms with E-state index in [1.807, 2.05) is 31.2 Å². The molecular formula is C17H18N6O3S. The number of carbonyl (C=O) groups excluding carboxylic acids is 1. The van der Waals surface area contributed by atoms with Gasteiger partial charge in [-0.05, 0) is 42.0 Å². The molecular weight excluding hydrogens is 368 g/mol. The molecule has 0 aliphatic carbocycles. The van der Waals surface area contributed by atoms with Gasteiger partial charge in [0, 0.05) is 5.56 Å². The van der Waals surface area contributed by atoms with Crippen LogP contribution in [-0.2, 0) is 21.4 Å². The van der Waals surface area contributed by atoms with E-state index < -0.39 is 22.5 Å². The van der Waals surface area contributed by atoms with Crippen LogP contribution in [0.2, 0.25) is 0 Å². The number of sulfonamides is 1. The molecule has 1 heterocycles. The summed E-state index contributed by atoms with van der Waals surface area (Å²) in [5.41, 5.74) is 7.80. The molecule has 140 valence electrons. The molecule has 0 fully saturated rings. The molecule has 0 saturated heterocycles. The van der Waals surface area contributed by atoms with Crippen LogP contribution in [-0.4, -0.2) is 41.1 Å². The fraction of sp³-hybridized carbons (Fsp3) is 0.176. The first-order valence-electron chi connectivity index (χ1n) is 8.05. The summed E-state index contributed by atoms with van der Waals surface area (Å²) < 4.78 is 26.2. The van der Waals surface area contributed by atoms with Gasteiger partial charge in [-0.3, -0.25) is 4.79 Å². The van der Waals surface area contributed by atoms with Crippen LogP contribution >= 0.6 is 0 Å². The van der Waals surface area contributed by atoms with Crippen molar-refractivity contribution in [3.8, 4) is 11.4 Å². The van der Waals surface area contributed by atoms with Crippen LogP contribution in [0.5, 0.6) is 0 Å². The third-order valence-corrected chi connectivity index (χ3v) is 5.17. The summed E-state index contributed by atoms with van der Waals surface area (Å²) in [6, 6.07) is 14.0. The van der Waals surface area contributed by atoms with Gasteiger partial charge in [0.1, 0.15) is 0 Å². The van der Waals surface area contributed by atoms with E-state index in [0.717, 1.165) is 5.56 Å². The van der Waals surface area contributed by atoms with Gasteiger partial charge in [0.15, 0.2) is 0 Å². The zero-order chi connectivity index (χ0) is 19.4. The second-order valence-corrected chi connectivity index (χ2v) is 7.71. The largest absolute Gasteiger partial charge is 0.369 e. The Labute approximate surface area is 156 Å². The normalized spacial score (nSPS) is 11.4. The predicted molar refractivity (Wildman–Crippen MR) is 97.9 cm³/mol. The molecule has 0 aliphatic heterocycles. The van der Waals surface area contributed by atoms with Crippen LogP contribution in [0, 0.1) is 6.92 Å². The van der Waals surface area contributed by atoms with E-state index in [1.54, 1.807) is 12.1 Å². The van der Waals surface area contributed by atoms with E-state index in [2.05, 4.69) is 20.1 Å². The number of aromatic nitrogens is 4. The van der Waals surface area contributed by atoms with Crippen LogP contribution in [0.3, 0.4) is 0 Å². The molecule has 0 bridgehead atoms. The maximum atomic E-state index is 12.0. The SMILES string of the molecule is Cc1ccc(Cn2nnc(-c3ccc(S(=O)(=O)NCC(N)=O)cc3)n2)cc1. The maximum Gasteiger partial charge on any atom is 0.241 e. The first kappa shape index (κ1) is 18.7. The summed E-state index contributed by atoms with van der Waals surface area (Å²) in [4.78, 5) is 12.2. The molecule has 0 atom stereocenters. The maximum absolute atomic E-state index is 12.0. The van der Waals surface area contributed by atoms with Gasteiger partial charge in [0.2, 0.25) is 21.8 Å². The molecule has 2 aromatic carbocycles. The Bertz CT molecular complexity index is 1040. The van der Waals surface area contributed by atoms with Crippen molar-refractivity contribution in [3.05, 3.63) is 59.7 Å². The average Bonchev–Trinajstić information content (AvgIpc) is 3.11.